The van der Waals surface area contributed by atoms with E-state index in [4.69, 9.17) is 4.98 Å². The number of nitrogens with zero attached hydrogens (tertiary/aromatic N) is 3. The monoisotopic (exact) mass is 331 g/mol. The standard InChI is InChI=1S/C22H25N3/c1-4-15-24(2)22-23-20(16-18-11-7-5-8-12-18)21(25(22)3)17-19-13-9-6-10-14-19/h4-14H,1,15-17H2,2-3H3. The Morgan fingerprint density at radius 2 is 1.52 bits per heavy atom. The quantitative estimate of drug-likeness (QED) is 0.604. The molecule has 0 amide bonds. The topological polar surface area (TPSA) is 21.1 Å². The summed E-state index contributed by atoms with van der Waals surface area (Å²) in [6.07, 6.45) is 3.63. The first kappa shape index (κ1) is 17.0. The molecule has 3 aromatic rings. The van der Waals surface area contributed by atoms with E-state index < -0.39 is 0 Å². The van der Waals surface area contributed by atoms with Gasteiger partial charge >= 0.3 is 0 Å². The highest BCUT2D eigenvalue weighted by molar-refractivity contribution is 5.41. The number of likely N-dealkylation sites (N-methyl/N-ethyl adjacent to an activating group) is 1. The van der Waals surface area contributed by atoms with Crippen LogP contribution in [0.2, 0.25) is 0 Å². The maximum absolute atomic E-state index is 4.96. The lowest BCUT2D eigenvalue weighted by molar-refractivity contribution is 0.803. The third-order valence-electron chi connectivity index (χ3n) is 4.45. The zero-order valence-corrected chi connectivity index (χ0v) is 15.0. The van der Waals surface area contributed by atoms with Gasteiger partial charge in [0, 0.05) is 39.2 Å². The fourth-order valence-corrected chi connectivity index (χ4v) is 3.13. The number of anilines is 1. The van der Waals surface area contributed by atoms with Crippen molar-refractivity contribution < 1.29 is 0 Å². The molecule has 128 valence electrons. The van der Waals surface area contributed by atoms with E-state index in [2.05, 4.69) is 90.8 Å². The highest BCUT2D eigenvalue weighted by Gasteiger charge is 2.17. The van der Waals surface area contributed by atoms with Crippen molar-refractivity contribution in [2.24, 2.45) is 7.05 Å². The van der Waals surface area contributed by atoms with Crippen molar-refractivity contribution in [3.8, 4) is 0 Å². The Hall–Kier alpha value is -2.81. The summed E-state index contributed by atoms with van der Waals surface area (Å²) in [5.41, 5.74) is 5.00. The Morgan fingerprint density at radius 3 is 2.08 bits per heavy atom. The second-order valence-electron chi connectivity index (χ2n) is 6.36. The predicted molar refractivity (Wildman–Crippen MR) is 105 cm³/mol. The Balaban J connectivity index is 1.98. The van der Waals surface area contributed by atoms with Crippen molar-refractivity contribution in [2.45, 2.75) is 12.8 Å². The van der Waals surface area contributed by atoms with Gasteiger partial charge in [0.2, 0.25) is 5.95 Å². The summed E-state index contributed by atoms with van der Waals surface area (Å²) < 4.78 is 2.22. The van der Waals surface area contributed by atoms with Crippen molar-refractivity contribution in [1.82, 2.24) is 9.55 Å². The van der Waals surface area contributed by atoms with Gasteiger partial charge < -0.3 is 9.47 Å². The molecule has 0 N–H and O–H groups in total. The highest BCUT2D eigenvalue weighted by atomic mass is 15.3. The minimum atomic E-state index is 0.778. The Labute approximate surface area is 150 Å². The molecule has 0 unspecified atom stereocenters. The minimum Gasteiger partial charge on any atom is -0.342 e. The zero-order valence-electron chi connectivity index (χ0n) is 15.0. The van der Waals surface area contributed by atoms with Gasteiger partial charge in [-0.25, -0.2) is 4.98 Å². The second kappa shape index (κ2) is 7.84. The van der Waals surface area contributed by atoms with Gasteiger partial charge in [0.1, 0.15) is 0 Å². The van der Waals surface area contributed by atoms with Gasteiger partial charge in [0.15, 0.2) is 0 Å². The van der Waals surface area contributed by atoms with Crippen LogP contribution < -0.4 is 4.90 Å². The molecule has 0 spiro atoms. The number of rotatable bonds is 7. The largest absolute Gasteiger partial charge is 0.342 e. The average Bonchev–Trinajstić information content (AvgIpc) is 2.93. The average molecular weight is 331 g/mol. The molecule has 0 bridgehead atoms. The van der Waals surface area contributed by atoms with Crippen molar-refractivity contribution in [3.05, 3.63) is 95.8 Å². The van der Waals surface area contributed by atoms with Crippen molar-refractivity contribution >= 4 is 5.95 Å². The van der Waals surface area contributed by atoms with Crippen molar-refractivity contribution in [2.75, 3.05) is 18.5 Å². The highest BCUT2D eigenvalue weighted by Crippen LogP contribution is 2.23. The SMILES string of the molecule is C=CCN(C)c1nc(Cc2ccccc2)c(Cc2ccccc2)n1C. The van der Waals surface area contributed by atoms with Crippen molar-refractivity contribution in [3.63, 3.8) is 0 Å². The molecule has 0 saturated heterocycles. The van der Waals surface area contributed by atoms with Gasteiger partial charge in [0.05, 0.1) is 5.69 Å². The molecule has 0 radical (unpaired) electrons. The van der Waals surface area contributed by atoms with E-state index in [9.17, 15) is 0 Å². The van der Waals surface area contributed by atoms with E-state index in [1.165, 1.54) is 16.8 Å². The smallest absolute Gasteiger partial charge is 0.205 e. The zero-order chi connectivity index (χ0) is 17.6. The van der Waals surface area contributed by atoms with Gasteiger partial charge in [-0.1, -0.05) is 66.7 Å². The third-order valence-corrected chi connectivity index (χ3v) is 4.45. The van der Waals surface area contributed by atoms with Crippen LogP contribution in [-0.2, 0) is 19.9 Å². The molecule has 3 heteroatoms. The molecular weight excluding hydrogens is 306 g/mol. The number of hydrogen-bond donors (Lipinski definition) is 0. The van der Waals surface area contributed by atoms with Gasteiger partial charge in [0.25, 0.3) is 0 Å². The molecule has 3 rings (SSSR count). The Kier molecular flexibility index (Phi) is 5.34. The normalized spacial score (nSPS) is 10.6. The van der Waals surface area contributed by atoms with Gasteiger partial charge in [-0.3, -0.25) is 0 Å². The summed E-state index contributed by atoms with van der Waals surface area (Å²) in [6.45, 7) is 4.62. The first-order chi connectivity index (χ1) is 12.2. The molecule has 3 nitrogen and oxygen atoms in total. The van der Waals surface area contributed by atoms with Crippen LogP contribution in [0.1, 0.15) is 22.5 Å². The van der Waals surface area contributed by atoms with Crippen LogP contribution >= 0.6 is 0 Å². The molecule has 2 aromatic carbocycles. The van der Waals surface area contributed by atoms with E-state index in [1.54, 1.807) is 0 Å². The van der Waals surface area contributed by atoms with E-state index in [1.807, 2.05) is 6.08 Å². The summed E-state index contributed by atoms with van der Waals surface area (Å²) in [7, 11) is 4.16. The van der Waals surface area contributed by atoms with Crippen LogP contribution in [0, 0.1) is 0 Å². The number of hydrogen-bond acceptors (Lipinski definition) is 2. The second-order valence-corrected chi connectivity index (χ2v) is 6.36. The number of aromatic nitrogens is 2. The molecule has 0 saturated carbocycles. The van der Waals surface area contributed by atoms with Gasteiger partial charge in [-0.05, 0) is 11.1 Å². The lowest BCUT2D eigenvalue weighted by Gasteiger charge is -2.16. The summed E-state index contributed by atoms with van der Waals surface area (Å²) in [5.74, 6) is 0.983. The van der Waals surface area contributed by atoms with E-state index >= 15 is 0 Å². The molecule has 0 atom stereocenters. The van der Waals surface area contributed by atoms with Crippen molar-refractivity contribution in [1.29, 1.82) is 0 Å². The van der Waals surface area contributed by atoms with E-state index in [0.29, 0.717) is 0 Å². The van der Waals surface area contributed by atoms with Crippen LogP contribution in [-0.4, -0.2) is 23.1 Å². The molecule has 0 fully saturated rings. The van der Waals surface area contributed by atoms with Crippen LogP contribution in [0.4, 0.5) is 5.95 Å². The number of imidazole rings is 1. The van der Waals surface area contributed by atoms with E-state index in [-0.39, 0.29) is 0 Å². The molecule has 0 aliphatic carbocycles. The van der Waals surface area contributed by atoms with Gasteiger partial charge in [-0.15, -0.1) is 6.58 Å². The lowest BCUT2D eigenvalue weighted by atomic mass is 10.0. The maximum Gasteiger partial charge on any atom is 0.205 e. The first-order valence-corrected chi connectivity index (χ1v) is 8.63. The fraction of sp³-hybridized carbons (Fsp3) is 0.227. The molecule has 25 heavy (non-hydrogen) atoms. The Bertz CT molecular complexity index is 819. The fourth-order valence-electron chi connectivity index (χ4n) is 3.13. The third kappa shape index (κ3) is 4.00. The Morgan fingerprint density at radius 1 is 0.960 bits per heavy atom. The van der Waals surface area contributed by atoms with Crippen LogP contribution in [0.3, 0.4) is 0 Å². The minimum absolute atomic E-state index is 0.778. The van der Waals surface area contributed by atoms with Gasteiger partial charge in [-0.2, -0.15) is 0 Å². The van der Waals surface area contributed by atoms with Crippen LogP contribution in [0.15, 0.2) is 73.3 Å². The van der Waals surface area contributed by atoms with Crippen LogP contribution in [0.25, 0.3) is 0 Å². The summed E-state index contributed by atoms with van der Waals surface area (Å²) in [5, 5.41) is 0. The lowest BCUT2D eigenvalue weighted by Crippen LogP contribution is -2.20. The van der Waals surface area contributed by atoms with Crippen LogP contribution in [0.5, 0.6) is 0 Å². The predicted octanol–water partition coefficient (Wildman–Crippen LogP) is 4.22. The molecular formula is C22H25N3. The summed E-state index contributed by atoms with van der Waals surface area (Å²) >= 11 is 0. The molecule has 0 aliphatic heterocycles. The number of benzene rings is 2. The maximum atomic E-state index is 4.96. The van der Waals surface area contributed by atoms with E-state index in [0.717, 1.165) is 31.0 Å². The molecule has 0 aliphatic rings. The molecule has 1 aromatic heterocycles. The summed E-state index contributed by atoms with van der Waals surface area (Å²) in [4.78, 5) is 7.10. The molecule has 1 heterocycles. The first-order valence-electron chi connectivity index (χ1n) is 8.63. The summed E-state index contributed by atoms with van der Waals surface area (Å²) in [6, 6.07) is 21.1.